The number of benzene rings is 1. The second-order valence-corrected chi connectivity index (χ2v) is 6.74. The van der Waals surface area contributed by atoms with Crippen molar-refractivity contribution in [1.82, 2.24) is 4.31 Å². The maximum absolute atomic E-state index is 12.6. The molecule has 1 aliphatic carbocycles. The summed E-state index contributed by atoms with van der Waals surface area (Å²) in [6, 6.07) is 7.42. The summed E-state index contributed by atoms with van der Waals surface area (Å²) in [5.41, 5.74) is 0.818. The molecular formula is C13H19NO2S. The molecule has 1 aliphatic rings. The lowest BCUT2D eigenvalue weighted by molar-refractivity contribution is 0.346. The third kappa shape index (κ3) is 2.38. The van der Waals surface area contributed by atoms with Gasteiger partial charge in [-0.25, -0.2) is 8.42 Å². The summed E-state index contributed by atoms with van der Waals surface area (Å²) in [7, 11) is -3.33. The summed E-state index contributed by atoms with van der Waals surface area (Å²) in [6.07, 6.45) is 1.98. The van der Waals surface area contributed by atoms with E-state index < -0.39 is 10.0 Å². The molecule has 1 fully saturated rings. The fourth-order valence-corrected chi connectivity index (χ4v) is 4.29. The van der Waals surface area contributed by atoms with Gasteiger partial charge in [-0.3, -0.25) is 0 Å². The molecule has 0 radical (unpaired) electrons. The van der Waals surface area contributed by atoms with Crippen molar-refractivity contribution in [3.63, 3.8) is 0 Å². The second-order valence-electron chi connectivity index (χ2n) is 4.93. The molecule has 1 saturated carbocycles. The van der Waals surface area contributed by atoms with Crippen LogP contribution in [-0.2, 0) is 10.0 Å². The molecule has 94 valence electrons. The van der Waals surface area contributed by atoms with Crippen molar-refractivity contribution in [2.24, 2.45) is 0 Å². The zero-order valence-corrected chi connectivity index (χ0v) is 11.4. The first-order valence-corrected chi connectivity index (χ1v) is 7.48. The van der Waals surface area contributed by atoms with Crippen LogP contribution in [-0.4, -0.2) is 24.8 Å². The third-order valence-electron chi connectivity index (χ3n) is 3.06. The van der Waals surface area contributed by atoms with Crippen molar-refractivity contribution < 1.29 is 8.42 Å². The minimum atomic E-state index is -3.33. The van der Waals surface area contributed by atoms with E-state index in [1.165, 1.54) is 0 Å². The summed E-state index contributed by atoms with van der Waals surface area (Å²) < 4.78 is 26.9. The van der Waals surface area contributed by atoms with E-state index in [1.54, 1.807) is 16.4 Å². The molecule has 0 aromatic heterocycles. The van der Waals surface area contributed by atoms with Crippen LogP contribution in [0.25, 0.3) is 0 Å². The molecule has 2 rings (SSSR count). The van der Waals surface area contributed by atoms with Gasteiger partial charge in [0.15, 0.2) is 0 Å². The largest absolute Gasteiger partial charge is 0.243 e. The number of nitrogens with zero attached hydrogens (tertiary/aromatic N) is 1. The average molecular weight is 253 g/mol. The van der Waals surface area contributed by atoms with Gasteiger partial charge in [-0.1, -0.05) is 18.2 Å². The van der Waals surface area contributed by atoms with E-state index in [9.17, 15) is 8.42 Å². The normalized spacial score (nSPS) is 16.8. The Bertz CT molecular complexity index is 502. The van der Waals surface area contributed by atoms with Crippen LogP contribution in [0.2, 0.25) is 0 Å². The van der Waals surface area contributed by atoms with Gasteiger partial charge in [0.2, 0.25) is 10.0 Å². The smallest absolute Gasteiger partial charge is 0.207 e. The van der Waals surface area contributed by atoms with E-state index in [2.05, 4.69) is 0 Å². The van der Waals surface area contributed by atoms with Gasteiger partial charge in [-0.15, -0.1) is 0 Å². The van der Waals surface area contributed by atoms with E-state index in [1.807, 2.05) is 32.9 Å². The topological polar surface area (TPSA) is 37.4 Å². The van der Waals surface area contributed by atoms with Crippen molar-refractivity contribution in [2.45, 2.75) is 50.6 Å². The van der Waals surface area contributed by atoms with Crippen molar-refractivity contribution in [3.05, 3.63) is 29.8 Å². The molecule has 4 heteroatoms. The van der Waals surface area contributed by atoms with Gasteiger partial charge < -0.3 is 0 Å². The Morgan fingerprint density at radius 2 is 1.82 bits per heavy atom. The van der Waals surface area contributed by atoms with Gasteiger partial charge in [-0.05, 0) is 45.2 Å². The molecule has 0 unspecified atom stereocenters. The fraction of sp³-hybridized carbons (Fsp3) is 0.538. The SMILES string of the molecule is Cc1ccccc1S(=O)(=O)N(C(C)C)C1CC1. The Morgan fingerprint density at radius 3 is 2.29 bits per heavy atom. The lowest BCUT2D eigenvalue weighted by Gasteiger charge is -2.26. The number of aryl methyl sites for hydroxylation is 1. The summed E-state index contributed by atoms with van der Waals surface area (Å²) in [4.78, 5) is 0.445. The van der Waals surface area contributed by atoms with Gasteiger partial charge in [0.25, 0.3) is 0 Å². The minimum absolute atomic E-state index is 0.0205. The maximum atomic E-state index is 12.6. The van der Waals surface area contributed by atoms with Crippen molar-refractivity contribution >= 4 is 10.0 Å². The van der Waals surface area contributed by atoms with Crippen LogP contribution < -0.4 is 0 Å². The lowest BCUT2D eigenvalue weighted by atomic mass is 10.2. The number of sulfonamides is 1. The highest BCUT2D eigenvalue weighted by Crippen LogP contribution is 2.34. The highest BCUT2D eigenvalue weighted by molar-refractivity contribution is 7.89. The average Bonchev–Trinajstić information content (AvgIpc) is 3.01. The minimum Gasteiger partial charge on any atom is -0.207 e. The van der Waals surface area contributed by atoms with E-state index in [0.717, 1.165) is 18.4 Å². The Balaban J connectivity index is 2.45. The monoisotopic (exact) mass is 253 g/mol. The predicted molar refractivity (Wildman–Crippen MR) is 68.4 cm³/mol. The summed E-state index contributed by atoms with van der Waals surface area (Å²) in [5, 5.41) is 0. The van der Waals surface area contributed by atoms with Crippen molar-refractivity contribution in [3.8, 4) is 0 Å². The van der Waals surface area contributed by atoms with Crippen LogP contribution in [0, 0.1) is 6.92 Å². The van der Waals surface area contributed by atoms with Crippen LogP contribution in [0.1, 0.15) is 32.3 Å². The van der Waals surface area contributed by atoms with Gasteiger partial charge >= 0.3 is 0 Å². The van der Waals surface area contributed by atoms with Crippen LogP contribution in [0.5, 0.6) is 0 Å². The molecule has 0 spiro atoms. The zero-order chi connectivity index (χ0) is 12.6. The molecule has 17 heavy (non-hydrogen) atoms. The molecule has 0 amide bonds. The Hall–Kier alpha value is -0.870. The van der Waals surface area contributed by atoms with Crippen molar-refractivity contribution in [1.29, 1.82) is 0 Å². The van der Waals surface area contributed by atoms with E-state index >= 15 is 0 Å². The molecule has 0 N–H and O–H groups in total. The Labute approximate surface area is 104 Å². The standard InChI is InChI=1S/C13H19NO2S/c1-10(2)14(12-8-9-12)17(15,16)13-7-5-4-6-11(13)3/h4-7,10,12H,8-9H2,1-3H3. The Morgan fingerprint density at radius 1 is 1.24 bits per heavy atom. The summed E-state index contributed by atoms with van der Waals surface area (Å²) in [6.45, 7) is 5.72. The predicted octanol–water partition coefficient (Wildman–Crippen LogP) is 2.56. The van der Waals surface area contributed by atoms with Crippen molar-refractivity contribution in [2.75, 3.05) is 0 Å². The molecule has 0 saturated heterocycles. The first kappa shape index (κ1) is 12.6. The molecule has 1 aromatic rings. The summed E-state index contributed by atoms with van der Waals surface area (Å²) >= 11 is 0. The van der Waals surface area contributed by atoms with E-state index in [0.29, 0.717) is 4.90 Å². The Kier molecular flexibility index (Phi) is 3.27. The van der Waals surface area contributed by atoms with Gasteiger partial charge in [0, 0.05) is 12.1 Å². The number of rotatable bonds is 4. The molecule has 3 nitrogen and oxygen atoms in total. The quantitative estimate of drug-likeness (QED) is 0.827. The zero-order valence-electron chi connectivity index (χ0n) is 10.6. The van der Waals surface area contributed by atoms with Gasteiger partial charge in [-0.2, -0.15) is 4.31 Å². The first-order valence-electron chi connectivity index (χ1n) is 6.03. The van der Waals surface area contributed by atoms with Crippen LogP contribution in [0.4, 0.5) is 0 Å². The van der Waals surface area contributed by atoms with Crippen LogP contribution >= 0.6 is 0 Å². The lowest BCUT2D eigenvalue weighted by Crippen LogP contribution is -2.38. The molecule has 0 bridgehead atoms. The maximum Gasteiger partial charge on any atom is 0.243 e. The highest BCUT2D eigenvalue weighted by atomic mass is 32.2. The third-order valence-corrected chi connectivity index (χ3v) is 5.35. The summed E-state index contributed by atoms with van der Waals surface area (Å²) in [5.74, 6) is 0. The van der Waals surface area contributed by atoms with Crippen LogP contribution in [0.3, 0.4) is 0 Å². The first-order chi connectivity index (χ1) is 7.94. The number of hydrogen-bond acceptors (Lipinski definition) is 2. The molecule has 0 aliphatic heterocycles. The number of hydrogen-bond donors (Lipinski definition) is 0. The molecule has 1 aromatic carbocycles. The van der Waals surface area contributed by atoms with Crippen LogP contribution in [0.15, 0.2) is 29.2 Å². The van der Waals surface area contributed by atoms with E-state index in [4.69, 9.17) is 0 Å². The second kappa shape index (κ2) is 4.42. The molecule has 0 atom stereocenters. The fourth-order valence-electron chi connectivity index (χ4n) is 2.18. The molecule has 0 heterocycles. The van der Waals surface area contributed by atoms with Gasteiger partial charge in [0.1, 0.15) is 0 Å². The highest BCUT2D eigenvalue weighted by Gasteiger charge is 2.40. The van der Waals surface area contributed by atoms with E-state index in [-0.39, 0.29) is 12.1 Å². The molecular weight excluding hydrogens is 234 g/mol. The van der Waals surface area contributed by atoms with Gasteiger partial charge in [0.05, 0.1) is 4.90 Å².